The van der Waals surface area contributed by atoms with Gasteiger partial charge in [0.15, 0.2) is 0 Å². The second-order valence-corrected chi connectivity index (χ2v) is 7.59. The molecule has 0 atom stereocenters. The van der Waals surface area contributed by atoms with Gasteiger partial charge in [-0.2, -0.15) is 0 Å². The molecule has 0 unspecified atom stereocenters. The zero-order chi connectivity index (χ0) is 18.8. The van der Waals surface area contributed by atoms with Crippen molar-refractivity contribution in [1.82, 2.24) is 24.7 Å². The third kappa shape index (κ3) is 2.24. The average Bonchev–Trinajstić information content (AvgIpc) is 3.17. The van der Waals surface area contributed by atoms with Gasteiger partial charge in [0.2, 0.25) is 0 Å². The van der Waals surface area contributed by atoms with E-state index >= 15 is 0 Å². The van der Waals surface area contributed by atoms with Crippen molar-refractivity contribution in [3.05, 3.63) is 60.0 Å². The van der Waals surface area contributed by atoms with E-state index in [2.05, 4.69) is 37.9 Å². The number of aryl methyl sites for hydroxylation is 2. The molecule has 0 bridgehead atoms. The van der Waals surface area contributed by atoms with Crippen molar-refractivity contribution in [2.24, 2.45) is 0 Å². The van der Waals surface area contributed by atoms with Gasteiger partial charge in [-0.25, -0.2) is 9.97 Å². The molecule has 28 heavy (non-hydrogen) atoms. The molecular weight excluding hydrogens is 350 g/mol. The molecule has 0 radical (unpaired) electrons. The summed E-state index contributed by atoms with van der Waals surface area (Å²) in [5.41, 5.74) is 8.06. The monoisotopic (exact) mass is 369 g/mol. The number of aromatic amines is 1. The Labute approximate surface area is 161 Å². The number of para-hydroxylation sites is 2. The summed E-state index contributed by atoms with van der Waals surface area (Å²) in [6.45, 7) is 3.93. The number of benzene rings is 2. The predicted octanol–water partition coefficient (Wildman–Crippen LogP) is 5.05. The maximum atomic E-state index is 5.42. The molecule has 0 saturated heterocycles. The van der Waals surface area contributed by atoms with Crippen molar-refractivity contribution in [3.8, 4) is 16.8 Å². The second-order valence-electron chi connectivity index (χ2n) is 7.59. The van der Waals surface area contributed by atoms with E-state index in [1.807, 2.05) is 38.4 Å². The minimum atomic E-state index is 0.558. The first-order chi connectivity index (χ1) is 13.7. The van der Waals surface area contributed by atoms with Crippen LogP contribution in [0, 0.1) is 13.8 Å². The molecule has 3 aromatic heterocycles. The third-order valence-corrected chi connectivity index (χ3v) is 5.58. The minimum Gasteiger partial charge on any atom is -0.361 e. The first kappa shape index (κ1) is 15.6. The molecule has 3 heterocycles. The van der Waals surface area contributed by atoms with Crippen LogP contribution in [0.4, 0.5) is 0 Å². The van der Waals surface area contributed by atoms with Gasteiger partial charge < -0.3 is 9.51 Å². The van der Waals surface area contributed by atoms with Gasteiger partial charge in [-0.3, -0.25) is 4.57 Å². The number of H-pyrrole nitrogens is 1. The van der Waals surface area contributed by atoms with Crippen LogP contribution in [-0.4, -0.2) is 24.7 Å². The van der Waals surface area contributed by atoms with Crippen LogP contribution in [0.3, 0.4) is 0 Å². The molecule has 1 saturated carbocycles. The van der Waals surface area contributed by atoms with Crippen LogP contribution in [0.25, 0.3) is 38.9 Å². The van der Waals surface area contributed by atoms with Crippen LogP contribution >= 0.6 is 0 Å². The lowest BCUT2D eigenvalue weighted by atomic mass is 10.0. The van der Waals surface area contributed by atoms with E-state index in [0.29, 0.717) is 5.92 Å². The molecule has 138 valence electrons. The third-order valence-electron chi connectivity index (χ3n) is 5.58. The number of hydrogen-bond acceptors (Lipinski definition) is 4. The van der Waals surface area contributed by atoms with E-state index in [1.165, 1.54) is 12.8 Å². The molecule has 0 aliphatic heterocycles. The molecule has 1 aliphatic rings. The van der Waals surface area contributed by atoms with Crippen molar-refractivity contribution in [1.29, 1.82) is 0 Å². The number of rotatable bonds is 3. The summed E-state index contributed by atoms with van der Waals surface area (Å²) in [6, 6.07) is 12.5. The molecule has 1 N–H and O–H groups in total. The number of aromatic nitrogens is 5. The number of imidazole rings is 2. The van der Waals surface area contributed by atoms with Gasteiger partial charge in [-0.1, -0.05) is 17.3 Å². The van der Waals surface area contributed by atoms with Crippen LogP contribution in [0.15, 0.2) is 47.2 Å². The smallest absolute Gasteiger partial charge is 0.141 e. The van der Waals surface area contributed by atoms with Gasteiger partial charge in [0.25, 0.3) is 0 Å². The zero-order valence-electron chi connectivity index (χ0n) is 15.7. The van der Waals surface area contributed by atoms with Crippen LogP contribution in [0.5, 0.6) is 0 Å². The first-order valence-corrected chi connectivity index (χ1v) is 9.58. The lowest BCUT2D eigenvalue weighted by Crippen LogP contribution is -1.95. The maximum absolute atomic E-state index is 5.42. The molecule has 1 fully saturated rings. The van der Waals surface area contributed by atoms with Crippen LogP contribution in [0.1, 0.15) is 36.0 Å². The van der Waals surface area contributed by atoms with Gasteiger partial charge in [0.05, 0.1) is 27.9 Å². The molecule has 2 aromatic carbocycles. The lowest BCUT2D eigenvalue weighted by molar-refractivity contribution is 0.393. The summed E-state index contributed by atoms with van der Waals surface area (Å²) in [5, 5.41) is 4.14. The fourth-order valence-electron chi connectivity index (χ4n) is 4.04. The highest BCUT2D eigenvalue weighted by Gasteiger charge is 2.28. The van der Waals surface area contributed by atoms with Gasteiger partial charge >= 0.3 is 0 Å². The Morgan fingerprint density at radius 3 is 2.79 bits per heavy atom. The molecule has 6 rings (SSSR count). The fourth-order valence-corrected chi connectivity index (χ4v) is 4.04. The van der Waals surface area contributed by atoms with Crippen molar-refractivity contribution in [2.75, 3.05) is 0 Å². The van der Waals surface area contributed by atoms with Gasteiger partial charge in [-0.15, -0.1) is 0 Å². The Hall–Kier alpha value is -3.41. The summed E-state index contributed by atoms with van der Waals surface area (Å²) in [6.07, 6.45) is 4.29. The number of hydrogen-bond donors (Lipinski definition) is 1. The first-order valence-electron chi connectivity index (χ1n) is 9.58. The van der Waals surface area contributed by atoms with E-state index in [9.17, 15) is 0 Å². The van der Waals surface area contributed by atoms with Crippen LogP contribution in [0.2, 0.25) is 0 Å². The highest BCUT2D eigenvalue weighted by atomic mass is 16.5. The van der Waals surface area contributed by atoms with E-state index in [1.54, 1.807) is 0 Å². The SMILES string of the molecule is Cc1noc(C)c1-c1cc(-n2cnc3ccccc32)c2nc(C3CC3)[nH]c2c1. The highest BCUT2D eigenvalue weighted by Crippen LogP contribution is 2.41. The molecule has 1 aliphatic carbocycles. The largest absolute Gasteiger partial charge is 0.361 e. The normalized spacial score (nSPS) is 14.4. The highest BCUT2D eigenvalue weighted by molar-refractivity contribution is 5.92. The Balaban J connectivity index is 1.68. The summed E-state index contributed by atoms with van der Waals surface area (Å²) in [5.74, 6) is 2.46. The topological polar surface area (TPSA) is 72.5 Å². The minimum absolute atomic E-state index is 0.558. The molecule has 0 spiro atoms. The molecular formula is C22H19N5O. The van der Waals surface area contributed by atoms with Crippen molar-refractivity contribution in [3.63, 3.8) is 0 Å². The van der Waals surface area contributed by atoms with Crippen molar-refractivity contribution >= 4 is 22.1 Å². The lowest BCUT2D eigenvalue weighted by Gasteiger charge is -2.09. The number of nitrogens with zero attached hydrogens (tertiary/aromatic N) is 4. The standard InChI is InChI=1S/C22H19N5O/c1-12-20(13(2)28-26-12)15-9-17-21(25-22(24-17)14-7-8-14)19(10-15)27-11-23-16-5-3-4-6-18(16)27/h3-6,9-11,14H,7-8H2,1-2H3,(H,24,25). The summed E-state index contributed by atoms with van der Waals surface area (Å²) < 4.78 is 7.54. The Morgan fingerprint density at radius 2 is 2.00 bits per heavy atom. The second kappa shape index (κ2) is 5.55. The fraction of sp³-hybridized carbons (Fsp3) is 0.227. The van der Waals surface area contributed by atoms with Crippen molar-refractivity contribution < 1.29 is 4.52 Å². The number of fused-ring (bicyclic) bond motifs is 2. The molecule has 6 nitrogen and oxygen atoms in total. The summed E-state index contributed by atoms with van der Waals surface area (Å²) >= 11 is 0. The van der Waals surface area contributed by atoms with E-state index in [-0.39, 0.29) is 0 Å². The Bertz CT molecular complexity index is 1330. The predicted molar refractivity (Wildman–Crippen MR) is 108 cm³/mol. The van der Waals surface area contributed by atoms with E-state index in [0.717, 1.165) is 56.2 Å². The van der Waals surface area contributed by atoms with Crippen molar-refractivity contribution in [2.45, 2.75) is 32.6 Å². The van der Waals surface area contributed by atoms with Gasteiger partial charge in [0, 0.05) is 11.5 Å². The zero-order valence-corrected chi connectivity index (χ0v) is 15.7. The molecule has 5 aromatic rings. The van der Waals surface area contributed by atoms with E-state index in [4.69, 9.17) is 9.51 Å². The molecule has 6 heteroatoms. The summed E-state index contributed by atoms with van der Waals surface area (Å²) in [4.78, 5) is 13.1. The Kier molecular flexibility index (Phi) is 3.10. The molecule has 0 amide bonds. The van der Waals surface area contributed by atoms with Gasteiger partial charge in [0.1, 0.15) is 23.4 Å². The quantitative estimate of drug-likeness (QED) is 0.483. The number of nitrogens with one attached hydrogen (secondary N) is 1. The van der Waals surface area contributed by atoms with E-state index < -0.39 is 0 Å². The maximum Gasteiger partial charge on any atom is 0.141 e. The summed E-state index contributed by atoms with van der Waals surface area (Å²) in [7, 11) is 0. The van der Waals surface area contributed by atoms with Crippen LogP contribution in [-0.2, 0) is 0 Å². The van der Waals surface area contributed by atoms with Crippen LogP contribution < -0.4 is 0 Å². The Morgan fingerprint density at radius 1 is 1.14 bits per heavy atom. The van der Waals surface area contributed by atoms with Gasteiger partial charge in [-0.05, 0) is 56.5 Å². The average molecular weight is 369 g/mol.